The molecule has 0 aromatic heterocycles. The van der Waals surface area contributed by atoms with Crippen molar-refractivity contribution < 1.29 is 9.18 Å². The van der Waals surface area contributed by atoms with Crippen molar-refractivity contribution in [2.45, 2.75) is 32.7 Å². The van der Waals surface area contributed by atoms with E-state index in [4.69, 9.17) is 11.6 Å². The predicted molar refractivity (Wildman–Crippen MR) is 63.0 cm³/mol. The number of halogens is 2. The lowest BCUT2D eigenvalue weighted by atomic mass is 10.1. The molecule has 16 heavy (non-hydrogen) atoms. The Morgan fingerprint density at radius 2 is 2.25 bits per heavy atom. The van der Waals surface area contributed by atoms with E-state index in [2.05, 4.69) is 5.32 Å². The molecule has 1 rings (SSSR count). The van der Waals surface area contributed by atoms with Gasteiger partial charge in [-0.2, -0.15) is 0 Å². The maximum Gasteiger partial charge on any atom is 0.224 e. The Morgan fingerprint density at radius 3 is 2.81 bits per heavy atom. The van der Waals surface area contributed by atoms with Gasteiger partial charge in [-0.25, -0.2) is 4.39 Å². The summed E-state index contributed by atoms with van der Waals surface area (Å²) >= 11 is 5.82. The van der Waals surface area contributed by atoms with Crippen LogP contribution in [-0.2, 0) is 11.2 Å². The fourth-order valence-corrected chi connectivity index (χ4v) is 1.52. The minimum Gasteiger partial charge on any atom is -0.353 e. The number of hydrogen-bond donors (Lipinski definition) is 1. The molecular formula is C12H15ClFNO. The van der Waals surface area contributed by atoms with Gasteiger partial charge < -0.3 is 5.32 Å². The summed E-state index contributed by atoms with van der Waals surface area (Å²) in [6.07, 6.45) is 0.826. The first-order chi connectivity index (χ1) is 7.54. The average Bonchev–Trinajstić information content (AvgIpc) is 2.23. The fraction of sp³-hybridized carbons (Fsp3) is 0.417. The van der Waals surface area contributed by atoms with Crippen molar-refractivity contribution >= 4 is 17.5 Å². The smallest absolute Gasteiger partial charge is 0.224 e. The highest BCUT2D eigenvalue weighted by atomic mass is 35.5. The normalized spacial score (nSPS) is 12.2. The molecule has 1 amide bonds. The summed E-state index contributed by atoms with van der Waals surface area (Å²) in [6.45, 7) is 3.88. The van der Waals surface area contributed by atoms with E-state index in [1.165, 1.54) is 12.1 Å². The molecule has 0 spiro atoms. The molecule has 0 bridgehead atoms. The van der Waals surface area contributed by atoms with Gasteiger partial charge in [-0.15, -0.1) is 0 Å². The predicted octanol–water partition coefficient (Wildman–Crippen LogP) is 2.94. The highest BCUT2D eigenvalue weighted by molar-refractivity contribution is 6.31. The van der Waals surface area contributed by atoms with Crippen LogP contribution in [-0.4, -0.2) is 11.9 Å². The first-order valence-electron chi connectivity index (χ1n) is 5.26. The fourth-order valence-electron chi connectivity index (χ4n) is 1.29. The summed E-state index contributed by atoms with van der Waals surface area (Å²) in [6, 6.07) is 4.50. The van der Waals surface area contributed by atoms with Gasteiger partial charge in [0.1, 0.15) is 5.82 Å². The molecule has 2 nitrogen and oxygen atoms in total. The lowest BCUT2D eigenvalue weighted by Gasteiger charge is -2.12. The number of hydrogen-bond acceptors (Lipinski definition) is 1. The van der Waals surface area contributed by atoms with E-state index in [0.717, 1.165) is 6.42 Å². The van der Waals surface area contributed by atoms with Gasteiger partial charge in [-0.05, 0) is 25.5 Å². The Kier molecular flexibility index (Phi) is 4.74. The van der Waals surface area contributed by atoms with Gasteiger partial charge in [0.15, 0.2) is 0 Å². The first kappa shape index (κ1) is 13.0. The van der Waals surface area contributed by atoms with Gasteiger partial charge in [0.05, 0.1) is 6.42 Å². The molecule has 0 aliphatic rings. The maximum absolute atomic E-state index is 13.4. The van der Waals surface area contributed by atoms with Crippen LogP contribution in [0.1, 0.15) is 25.8 Å². The minimum absolute atomic E-state index is 0.0180. The highest BCUT2D eigenvalue weighted by Gasteiger charge is 2.12. The second-order valence-electron chi connectivity index (χ2n) is 3.75. The van der Waals surface area contributed by atoms with Crippen molar-refractivity contribution in [3.05, 3.63) is 34.6 Å². The van der Waals surface area contributed by atoms with Crippen LogP contribution in [0.5, 0.6) is 0 Å². The zero-order valence-electron chi connectivity index (χ0n) is 9.39. The average molecular weight is 244 g/mol. The Labute approximate surface area is 99.8 Å². The van der Waals surface area contributed by atoms with E-state index in [-0.39, 0.29) is 23.9 Å². The molecule has 1 N–H and O–H groups in total. The number of benzene rings is 1. The largest absolute Gasteiger partial charge is 0.353 e. The van der Waals surface area contributed by atoms with Crippen LogP contribution in [0.3, 0.4) is 0 Å². The van der Waals surface area contributed by atoms with Crippen molar-refractivity contribution in [1.82, 2.24) is 5.32 Å². The Morgan fingerprint density at radius 1 is 1.56 bits per heavy atom. The molecule has 0 aliphatic heterocycles. The topological polar surface area (TPSA) is 29.1 Å². The highest BCUT2D eigenvalue weighted by Crippen LogP contribution is 2.19. The number of carbonyl (C=O) groups excluding carboxylic acids is 1. The standard InChI is InChI=1S/C12H15ClFNO/c1-3-8(2)15-12(16)7-9-10(13)5-4-6-11(9)14/h4-6,8H,3,7H2,1-2H3,(H,15,16)/t8-/m1/s1. The van der Waals surface area contributed by atoms with E-state index in [0.29, 0.717) is 5.02 Å². The van der Waals surface area contributed by atoms with Crippen LogP contribution < -0.4 is 5.32 Å². The Balaban J connectivity index is 2.70. The Hall–Kier alpha value is -1.09. The van der Waals surface area contributed by atoms with E-state index < -0.39 is 5.82 Å². The third kappa shape index (κ3) is 3.49. The van der Waals surface area contributed by atoms with Crippen molar-refractivity contribution in [2.75, 3.05) is 0 Å². The van der Waals surface area contributed by atoms with Gasteiger partial charge in [0.25, 0.3) is 0 Å². The van der Waals surface area contributed by atoms with Crippen LogP contribution in [0.4, 0.5) is 4.39 Å². The molecule has 0 saturated carbocycles. The molecule has 4 heteroatoms. The molecule has 1 atom stereocenters. The van der Waals surface area contributed by atoms with Crippen LogP contribution >= 0.6 is 11.6 Å². The molecular weight excluding hydrogens is 229 g/mol. The number of carbonyl (C=O) groups is 1. The van der Waals surface area contributed by atoms with Gasteiger partial charge in [-0.3, -0.25) is 4.79 Å². The summed E-state index contributed by atoms with van der Waals surface area (Å²) in [4.78, 5) is 11.5. The van der Waals surface area contributed by atoms with Crippen LogP contribution in [0.15, 0.2) is 18.2 Å². The summed E-state index contributed by atoms with van der Waals surface area (Å²) in [5.41, 5.74) is 0.255. The zero-order chi connectivity index (χ0) is 12.1. The van der Waals surface area contributed by atoms with Gasteiger partial charge in [-0.1, -0.05) is 24.6 Å². The minimum atomic E-state index is -0.438. The summed E-state index contributed by atoms with van der Waals surface area (Å²) in [5.74, 6) is -0.645. The number of amides is 1. The summed E-state index contributed by atoms with van der Waals surface area (Å²) < 4.78 is 13.4. The quantitative estimate of drug-likeness (QED) is 0.866. The van der Waals surface area contributed by atoms with E-state index >= 15 is 0 Å². The Bertz CT molecular complexity index is 361. The first-order valence-corrected chi connectivity index (χ1v) is 5.64. The van der Waals surface area contributed by atoms with Crippen molar-refractivity contribution in [1.29, 1.82) is 0 Å². The monoisotopic (exact) mass is 243 g/mol. The molecule has 0 heterocycles. The zero-order valence-corrected chi connectivity index (χ0v) is 10.1. The van der Waals surface area contributed by atoms with E-state index in [1.807, 2.05) is 13.8 Å². The van der Waals surface area contributed by atoms with E-state index in [9.17, 15) is 9.18 Å². The summed E-state index contributed by atoms with van der Waals surface area (Å²) in [7, 11) is 0. The van der Waals surface area contributed by atoms with Crippen LogP contribution in [0.25, 0.3) is 0 Å². The van der Waals surface area contributed by atoms with Crippen molar-refractivity contribution in [3.8, 4) is 0 Å². The maximum atomic E-state index is 13.4. The second kappa shape index (κ2) is 5.85. The molecule has 0 unspecified atom stereocenters. The lowest BCUT2D eigenvalue weighted by molar-refractivity contribution is -0.121. The van der Waals surface area contributed by atoms with Crippen molar-refractivity contribution in [2.24, 2.45) is 0 Å². The molecule has 0 saturated heterocycles. The number of nitrogens with one attached hydrogen (secondary N) is 1. The molecule has 1 aromatic carbocycles. The third-order valence-electron chi connectivity index (χ3n) is 2.42. The molecule has 1 aromatic rings. The molecule has 0 aliphatic carbocycles. The number of rotatable bonds is 4. The molecule has 0 fully saturated rings. The van der Waals surface area contributed by atoms with Crippen LogP contribution in [0.2, 0.25) is 5.02 Å². The van der Waals surface area contributed by atoms with Crippen molar-refractivity contribution in [3.63, 3.8) is 0 Å². The van der Waals surface area contributed by atoms with Gasteiger partial charge >= 0.3 is 0 Å². The lowest BCUT2D eigenvalue weighted by Crippen LogP contribution is -2.33. The second-order valence-corrected chi connectivity index (χ2v) is 4.16. The van der Waals surface area contributed by atoms with Gasteiger partial charge in [0, 0.05) is 16.6 Å². The van der Waals surface area contributed by atoms with Crippen LogP contribution in [0, 0.1) is 5.82 Å². The third-order valence-corrected chi connectivity index (χ3v) is 2.77. The molecule has 0 radical (unpaired) electrons. The SMILES string of the molecule is CC[C@@H](C)NC(=O)Cc1c(F)cccc1Cl. The molecule has 88 valence electrons. The van der Waals surface area contributed by atoms with E-state index in [1.54, 1.807) is 6.07 Å². The summed E-state index contributed by atoms with van der Waals surface area (Å²) in [5, 5.41) is 3.06. The van der Waals surface area contributed by atoms with Gasteiger partial charge in [0.2, 0.25) is 5.91 Å².